The van der Waals surface area contributed by atoms with E-state index in [1.807, 2.05) is 6.07 Å². The second-order valence-electron chi connectivity index (χ2n) is 4.68. The summed E-state index contributed by atoms with van der Waals surface area (Å²) in [6, 6.07) is 12.1. The second kappa shape index (κ2) is 7.52. The minimum Gasteiger partial charge on any atom is -0.493 e. The van der Waals surface area contributed by atoms with Crippen LogP contribution in [-0.4, -0.2) is 20.1 Å². The van der Waals surface area contributed by atoms with Crippen LogP contribution in [0.1, 0.15) is 21.5 Å². The Labute approximate surface area is 139 Å². The standard InChI is InChI=1S/C17H15ClN2O3/c1-22-15-8-13(7-14(18)16(15)23-2)17(21)20-10-12-5-3-11(9-19)4-6-12/h3-8H,10H2,1-2H3,(H,20,21). The summed E-state index contributed by atoms with van der Waals surface area (Å²) in [5.41, 5.74) is 1.84. The Morgan fingerprint density at radius 1 is 1.22 bits per heavy atom. The van der Waals surface area contributed by atoms with Crippen molar-refractivity contribution < 1.29 is 14.3 Å². The molecule has 1 amide bonds. The quantitative estimate of drug-likeness (QED) is 0.914. The number of ether oxygens (including phenoxy) is 2. The molecule has 0 aromatic heterocycles. The van der Waals surface area contributed by atoms with Gasteiger partial charge in [0.25, 0.3) is 5.91 Å². The van der Waals surface area contributed by atoms with Crippen LogP contribution in [0.15, 0.2) is 36.4 Å². The van der Waals surface area contributed by atoms with Gasteiger partial charge in [0.05, 0.1) is 30.9 Å². The van der Waals surface area contributed by atoms with Crippen molar-refractivity contribution in [3.8, 4) is 17.6 Å². The molecule has 1 N–H and O–H groups in total. The smallest absolute Gasteiger partial charge is 0.251 e. The lowest BCUT2D eigenvalue weighted by Crippen LogP contribution is -2.22. The minimum atomic E-state index is -0.280. The fourth-order valence-electron chi connectivity index (χ4n) is 2.03. The number of rotatable bonds is 5. The van der Waals surface area contributed by atoms with E-state index >= 15 is 0 Å². The summed E-state index contributed by atoms with van der Waals surface area (Å²) >= 11 is 6.09. The summed E-state index contributed by atoms with van der Waals surface area (Å²) in [5.74, 6) is 0.499. The Kier molecular flexibility index (Phi) is 5.45. The van der Waals surface area contributed by atoms with Crippen molar-refractivity contribution in [1.29, 1.82) is 5.26 Å². The number of hydrogen-bond donors (Lipinski definition) is 1. The topological polar surface area (TPSA) is 71.3 Å². The van der Waals surface area contributed by atoms with Crippen LogP contribution in [0.3, 0.4) is 0 Å². The Morgan fingerprint density at radius 2 is 1.91 bits per heavy atom. The summed E-state index contributed by atoms with van der Waals surface area (Å²) < 4.78 is 10.3. The molecule has 0 unspecified atom stereocenters. The van der Waals surface area contributed by atoms with E-state index in [1.165, 1.54) is 20.3 Å². The predicted molar refractivity (Wildman–Crippen MR) is 86.9 cm³/mol. The molecule has 0 saturated carbocycles. The summed E-state index contributed by atoms with van der Waals surface area (Å²) in [5, 5.41) is 11.9. The summed E-state index contributed by atoms with van der Waals surface area (Å²) in [6.45, 7) is 0.344. The highest BCUT2D eigenvalue weighted by atomic mass is 35.5. The molecule has 0 radical (unpaired) electrons. The van der Waals surface area contributed by atoms with Crippen LogP contribution in [0.2, 0.25) is 5.02 Å². The number of nitriles is 1. The number of halogens is 1. The van der Waals surface area contributed by atoms with Gasteiger partial charge < -0.3 is 14.8 Å². The lowest BCUT2D eigenvalue weighted by Gasteiger charge is -2.12. The summed E-state index contributed by atoms with van der Waals surface area (Å²) in [6.07, 6.45) is 0. The Morgan fingerprint density at radius 3 is 2.48 bits per heavy atom. The predicted octanol–water partition coefficient (Wildman–Crippen LogP) is 3.16. The first-order valence-electron chi connectivity index (χ1n) is 6.77. The number of carbonyl (C=O) groups excluding carboxylic acids is 1. The average Bonchev–Trinajstić information content (AvgIpc) is 2.59. The maximum atomic E-state index is 12.2. The maximum Gasteiger partial charge on any atom is 0.251 e. The summed E-state index contributed by atoms with van der Waals surface area (Å²) in [7, 11) is 2.96. The summed E-state index contributed by atoms with van der Waals surface area (Å²) in [4.78, 5) is 12.2. The molecule has 5 nitrogen and oxygen atoms in total. The lowest BCUT2D eigenvalue weighted by molar-refractivity contribution is 0.0950. The van der Waals surface area contributed by atoms with E-state index in [0.717, 1.165) is 5.56 Å². The van der Waals surface area contributed by atoms with Gasteiger partial charge in [-0.3, -0.25) is 4.79 Å². The van der Waals surface area contributed by atoms with Gasteiger partial charge in [-0.1, -0.05) is 23.7 Å². The molecular weight excluding hydrogens is 316 g/mol. The molecule has 0 aliphatic rings. The third-order valence-corrected chi connectivity index (χ3v) is 3.51. The first kappa shape index (κ1) is 16.7. The number of nitrogens with zero attached hydrogens (tertiary/aromatic N) is 1. The van der Waals surface area contributed by atoms with Crippen molar-refractivity contribution >= 4 is 17.5 Å². The number of hydrogen-bond acceptors (Lipinski definition) is 4. The van der Waals surface area contributed by atoms with E-state index in [9.17, 15) is 4.79 Å². The van der Waals surface area contributed by atoms with Gasteiger partial charge in [0, 0.05) is 12.1 Å². The third-order valence-electron chi connectivity index (χ3n) is 3.23. The Bertz CT molecular complexity index is 752. The van der Waals surface area contributed by atoms with Crippen molar-refractivity contribution in [3.05, 3.63) is 58.1 Å². The van der Waals surface area contributed by atoms with Crippen molar-refractivity contribution in [2.24, 2.45) is 0 Å². The number of amides is 1. The van der Waals surface area contributed by atoms with E-state index in [1.54, 1.807) is 30.3 Å². The van der Waals surface area contributed by atoms with Gasteiger partial charge in [-0.25, -0.2) is 0 Å². The minimum absolute atomic E-state index is 0.280. The highest BCUT2D eigenvalue weighted by Crippen LogP contribution is 2.35. The van der Waals surface area contributed by atoms with E-state index in [-0.39, 0.29) is 5.91 Å². The van der Waals surface area contributed by atoms with Gasteiger partial charge in [0.15, 0.2) is 11.5 Å². The van der Waals surface area contributed by atoms with E-state index in [2.05, 4.69) is 5.32 Å². The third kappa shape index (κ3) is 3.93. The number of benzene rings is 2. The van der Waals surface area contributed by atoms with Crippen LogP contribution < -0.4 is 14.8 Å². The van der Waals surface area contributed by atoms with Crippen LogP contribution in [0.4, 0.5) is 0 Å². The molecule has 0 heterocycles. The maximum absolute atomic E-state index is 12.2. The van der Waals surface area contributed by atoms with Gasteiger partial charge >= 0.3 is 0 Å². The molecule has 0 aliphatic carbocycles. The molecule has 0 fully saturated rings. The molecule has 0 bridgehead atoms. The number of carbonyl (C=O) groups is 1. The molecule has 23 heavy (non-hydrogen) atoms. The van der Waals surface area contributed by atoms with E-state index < -0.39 is 0 Å². The first-order chi connectivity index (χ1) is 11.1. The Hall–Kier alpha value is -2.71. The molecule has 2 aromatic rings. The van der Waals surface area contributed by atoms with Gasteiger partial charge in [0.1, 0.15) is 0 Å². The average molecular weight is 331 g/mol. The van der Waals surface area contributed by atoms with Crippen LogP contribution >= 0.6 is 11.6 Å². The van der Waals surface area contributed by atoms with Crippen LogP contribution in [-0.2, 0) is 6.54 Å². The lowest BCUT2D eigenvalue weighted by atomic mass is 10.1. The van der Waals surface area contributed by atoms with Crippen LogP contribution in [0, 0.1) is 11.3 Å². The molecule has 0 saturated heterocycles. The zero-order chi connectivity index (χ0) is 16.8. The molecule has 2 aromatic carbocycles. The normalized spacial score (nSPS) is 9.83. The fourth-order valence-corrected chi connectivity index (χ4v) is 2.32. The van der Waals surface area contributed by atoms with Gasteiger partial charge in [-0.15, -0.1) is 0 Å². The van der Waals surface area contributed by atoms with Crippen molar-refractivity contribution in [3.63, 3.8) is 0 Å². The zero-order valence-electron chi connectivity index (χ0n) is 12.7. The van der Waals surface area contributed by atoms with E-state index in [4.69, 9.17) is 26.3 Å². The Balaban J connectivity index is 2.11. The molecule has 0 spiro atoms. The van der Waals surface area contributed by atoms with Crippen LogP contribution in [0.5, 0.6) is 11.5 Å². The number of methoxy groups -OCH3 is 2. The van der Waals surface area contributed by atoms with Gasteiger partial charge in [0.2, 0.25) is 0 Å². The molecule has 0 aliphatic heterocycles. The zero-order valence-corrected chi connectivity index (χ0v) is 13.5. The first-order valence-corrected chi connectivity index (χ1v) is 7.15. The monoisotopic (exact) mass is 330 g/mol. The molecular formula is C17H15ClN2O3. The molecule has 0 atom stereocenters. The van der Waals surface area contributed by atoms with Gasteiger partial charge in [-0.05, 0) is 29.8 Å². The van der Waals surface area contributed by atoms with Crippen molar-refractivity contribution in [2.45, 2.75) is 6.54 Å². The SMILES string of the molecule is COc1cc(C(=O)NCc2ccc(C#N)cc2)cc(Cl)c1OC. The van der Waals surface area contributed by atoms with Crippen molar-refractivity contribution in [2.75, 3.05) is 14.2 Å². The molecule has 118 valence electrons. The highest BCUT2D eigenvalue weighted by Gasteiger charge is 2.15. The highest BCUT2D eigenvalue weighted by molar-refractivity contribution is 6.32. The second-order valence-corrected chi connectivity index (χ2v) is 5.09. The van der Waals surface area contributed by atoms with Crippen LogP contribution in [0.25, 0.3) is 0 Å². The number of nitrogens with one attached hydrogen (secondary N) is 1. The molecule has 2 rings (SSSR count). The van der Waals surface area contributed by atoms with Crippen molar-refractivity contribution in [1.82, 2.24) is 5.32 Å². The van der Waals surface area contributed by atoms with E-state index in [0.29, 0.717) is 34.2 Å². The van der Waals surface area contributed by atoms with Gasteiger partial charge in [-0.2, -0.15) is 5.26 Å². The molecule has 6 heteroatoms. The fraction of sp³-hybridized carbons (Fsp3) is 0.176. The largest absolute Gasteiger partial charge is 0.493 e.